The van der Waals surface area contributed by atoms with E-state index < -0.39 is 29.0 Å². The molecule has 1 saturated carbocycles. The van der Waals surface area contributed by atoms with E-state index in [2.05, 4.69) is 20.6 Å². The summed E-state index contributed by atoms with van der Waals surface area (Å²) in [5.41, 5.74) is -1.23. The maximum absolute atomic E-state index is 14.6. The number of nitrogens with one attached hydrogen (secondary N) is 2. The van der Waals surface area contributed by atoms with Crippen molar-refractivity contribution >= 4 is 46.1 Å². The van der Waals surface area contributed by atoms with Gasteiger partial charge < -0.3 is 29.6 Å². The minimum atomic E-state index is -1.23. The fraction of sp³-hybridized carbons (Fsp3) is 0.429. The molecule has 0 unspecified atom stereocenters. The lowest BCUT2D eigenvalue weighted by atomic mass is 9.80. The molecule has 1 heterocycles. The van der Waals surface area contributed by atoms with Gasteiger partial charge >= 0.3 is 12.1 Å². The Morgan fingerprint density at radius 1 is 1.10 bits per heavy atom. The largest absolute Gasteiger partial charge is 0.493 e. The first-order valence-corrected chi connectivity index (χ1v) is 13.1. The minimum Gasteiger partial charge on any atom is -0.493 e. The third-order valence-corrected chi connectivity index (χ3v) is 6.81. The van der Waals surface area contributed by atoms with Gasteiger partial charge in [-0.05, 0) is 64.7 Å². The number of amides is 1. The summed E-state index contributed by atoms with van der Waals surface area (Å²) >= 11 is 5.93. The summed E-state index contributed by atoms with van der Waals surface area (Å²) in [6.07, 6.45) is 1.82. The maximum Gasteiger partial charge on any atom is 0.408 e. The molecule has 0 saturated heterocycles. The number of hydrogen-bond acceptors (Lipinski definition) is 9. The number of anilines is 2. The van der Waals surface area contributed by atoms with Crippen molar-refractivity contribution in [3.8, 4) is 11.5 Å². The number of methoxy groups -OCH3 is 2. The molecule has 4 rings (SSSR count). The monoisotopic (exact) mass is 574 g/mol. The number of nitrogens with zero attached hydrogens (tertiary/aromatic N) is 2. The molecule has 1 fully saturated rings. The van der Waals surface area contributed by atoms with Gasteiger partial charge in [-0.1, -0.05) is 17.7 Å². The molecule has 0 radical (unpaired) electrons. The van der Waals surface area contributed by atoms with Crippen LogP contribution in [0.4, 0.5) is 20.7 Å². The van der Waals surface area contributed by atoms with E-state index in [4.69, 9.17) is 30.5 Å². The van der Waals surface area contributed by atoms with Gasteiger partial charge in [0.25, 0.3) is 0 Å². The first-order valence-electron chi connectivity index (χ1n) is 12.7. The van der Waals surface area contributed by atoms with E-state index in [1.165, 1.54) is 26.6 Å². The highest BCUT2D eigenvalue weighted by Gasteiger charge is 2.45. The summed E-state index contributed by atoms with van der Waals surface area (Å²) in [4.78, 5) is 33.8. The smallest absolute Gasteiger partial charge is 0.408 e. The molecule has 0 bridgehead atoms. The Hall–Kier alpha value is -3.86. The van der Waals surface area contributed by atoms with Crippen LogP contribution in [-0.2, 0) is 14.3 Å². The van der Waals surface area contributed by atoms with Crippen LogP contribution in [0.15, 0.2) is 36.7 Å². The second-order valence-electron chi connectivity index (χ2n) is 10.5. The molecule has 1 aliphatic carbocycles. The van der Waals surface area contributed by atoms with E-state index in [0.717, 1.165) is 0 Å². The van der Waals surface area contributed by atoms with Crippen LogP contribution in [0.1, 0.15) is 46.5 Å². The highest BCUT2D eigenvalue weighted by molar-refractivity contribution is 6.31. The molecular weight excluding hydrogens is 543 g/mol. The molecule has 12 heteroatoms. The molecule has 0 spiro atoms. The highest BCUT2D eigenvalue weighted by Crippen LogP contribution is 2.39. The summed E-state index contributed by atoms with van der Waals surface area (Å²) in [5.74, 6) is 0.0878. The van der Waals surface area contributed by atoms with Crippen molar-refractivity contribution < 1.29 is 32.9 Å². The van der Waals surface area contributed by atoms with Crippen molar-refractivity contribution in [2.45, 2.75) is 63.7 Å². The zero-order valence-corrected chi connectivity index (χ0v) is 23.7. The molecule has 214 valence electrons. The number of alkyl carbamates (subject to hydrolysis) is 1. The molecule has 40 heavy (non-hydrogen) atoms. The predicted octanol–water partition coefficient (Wildman–Crippen LogP) is 5.93. The van der Waals surface area contributed by atoms with Gasteiger partial charge in [0, 0.05) is 11.5 Å². The normalized spacial score (nSPS) is 19.0. The van der Waals surface area contributed by atoms with Gasteiger partial charge in [0.2, 0.25) is 0 Å². The van der Waals surface area contributed by atoms with Crippen molar-refractivity contribution in [2.75, 3.05) is 19.5 Å². The van der Waals surface area contributed by atoms with Crippen LogP contribution in [0.3, 0.4) is 0 Å². The first-order chi connectivity index (χ1) is 18.9. The SMILES string of the molecule is COc1cc2ncnc(Nc3cccc(Cl)c3F)c2cc1O[C@H]1CC[C@@](NC(=O)OC(C)(C)C)(C(=O)OC)CC1. The van der Waals surface area contributed by atoms with Crippen molar-refractivity contribution in [1.29, 1.82) is 0 Å². The Balaban J connectivity index is 1.56. The van der Waals surface area contributed by atoms with Crippen LogP contribution in [0.25, 0.3) is 10.9 Å². The Labute approximate surface area is 236 Å². The molecule has 0 aliphatic heterocycles. The van der Waals surface area contributed by atoms with E-state index in [1.807, 2.05) is 0 Å². The first kappa shape index (κ1) is 29.1. The summed E-state index contributed by atoms with van der Waals surface area (Å²) < 4.78 is 36.8. The topological polar surface area (TPSA) is 121 Å². The number of hydrogen-bond donors (Lipinski definition) is 2. The van der Waals surface area contributed by atoms with Crippen LogP contribution in [0.2, 0.25) is 5.02 Å². The van der Waals surface area contributed by atoms with Gasteiger partial charge in [-0.15, -0.1) is 0 Å². The predicted molar refractivity (Wildman–Crippen MR) is 148 cm³/mol. The standard InChI is InChI=1S/C28H32ClFN4O6/c1-27(2,3)40-26(36)34-28(25(35)38-5)11-9-16(10-12-28)39-22-13-17-20(14-21(22)37-4)31-15-32-24(17)33-19-8-6-7-18(29)23(19)30/h6-8,13-16H,9-12H2,1-5H3,(H,34,36)(H,31,32,33)/t16-,28-. The minimum absolute atomic E-state index is 0.0180. The average molecular weight is 575 g/mol. The molecule has 3 aromatic rings. The number of rotatable bonds is 7. The number of benzene rings is 2. The average Bonchev–Trinajstić information content (AvgIpc) is 2.90. The van der Waals surface area contributed by atoms with Crippen LogP contribution in [0.5, 0.6) is 11.5 Å². The van der Waals surface area contributed by atoms with Crippen molar-refractivity contribution in [2.24, 2.45) is 0 Å². The summed E-state index contributed by atoms with van der Waals surface area (Å²) in [5, 5.41) is 6.26. The number of ether oxygens (including phenoxy) is 4. The van der Waals surface area contributed by atoms with Gasteiger partial charge in [0.05, 0.1) is 36.6 Å². The number of halogens is 2. The Morgan fingerprint density at radius 3 is 2.48 bits per heavy atom. The second-order valence-corrected chi connectivity index (χ2v) is 10.9. The molecule has 1 amide bonds. The van der Waals surface area contributed by atoms with E-state index >= 15 is 0 Å². The van der Waals surface area contributed by atoms with Gasteiger partial charge in [-0.3, -0.25) is 0 Å². The maximum atomic E-state index is 14.6. The fourth-order valence-electron chi connectivity index (χ4n) is 4.60. The lowest BCUT2D eigenvalue weighted by Crippen LogP contribution is -2.58. The van der Waals surface area contributed by atoms with E-state index in [0.29, 0.717) is 41.1 Å². The molecular formula is C28H32ClFN4O6. The third-order valence-electron chi connectivity index (χ3n) is 6.52. The van der Waals surface area contributed by atoms with Crippen molar-refractivity contribution in [3.05, 3.63) is 47.5 Å². The van der Waals surface area contributed by atoms with Gasteiger partial charge in [0.1, 0.15) is 23.3 Å². The number of carbonyl (C=O) groups is 2. The zero-order valence-electron chi connectivity index (χ0n) is 23.0. The van der Waals surface area contributed by atoms with Crippen LogP contribution >= 0.6 is 11.6 Å². The van der Waals surface area contributed by atoms with Crippen molar-refractivity contribution in [1.82, 2.24) is 15.3 Å². The number of aromatic nitrogens is 2. The molecule has 0 atom stereocenters. The van der Waals surface area contributed by atoms with Gasteiger partial charge in [0.15, 0.2) is 17.3 Å². The number of fused-ring (bicyclic) bond motifs is 1. The summed E-state index contributed by atoms with van der Waals surface area (Å²) in [6, 6.07) is 8.07. The fourth-order valence-corrected chi connectivity index (χ4v) is 4.77. The summed E-state index contributed by atoms with van der Waals surface area (Å²) in [6.45, 7) is 5.24. The Kier molecular flexibility index (Phi) is 8.53. The highest BCUT2D eigenvalue weighted by atomic mass is 35.5. The lowest BCUT2D eigenvalue weighted by molar-refractivity contribution is -0.150. The quantitative estimate of drug-likeness (QED) is 0.330. The van der Waals surface area contributed by atoms with Gasteiger partial charge in [-0.2, -0.15) is 0 Å². The number of carbonyl (C=O) groups excluding carboxylic acids is 2. The van der Waals surface area contributed by atoms with Crippen LogP contribution in [-0.4, -0.2) is 53.5 Å². The zero-order chi connectivity index (χ0) is 29.1. The molecule has 1 aromatic heterocycles. The third kappa shape index (κ3) is 6.47. The lowest BCUT2D eigenvalue weighted by Gasteiger charge is -2.38. The van der Waals surface area contributed by atoms with E-state index in [9.17, 15) is 14.0 Å². The van der Waals surface area contributed by atoms with Gasteiger partial charge in [-0.25, -0.2) is 23.9 Å². The Bertz CT molecular complexity index is 1410. The molecule has 2 N–H and O–H groups in total. The van der Waals surface area contributed by atoms with E-state index in [-0.39, 0.29) is 29.7 Å². The molecule has 2 aromatic carbocycles. The molecule has 10 nitrogen and oxygen atoms in total. The molecule has 1 aliphatic rings. The number of esters is 1. The summed E-state index contributed by atoms with van der Waals surface area (Å²) in [7, 11) is 2.80. The van der Waals surface area contributed by atoms with E-state index in [1.54, 1.807) is 45.0 Å². The van der Waals surface area contributed by atoms with Crippen LogP contribution < -0.4 is 20.1 Å². The Morgan fingerprint density at radius 2 is 1.82 bits per heavy atom. The van der Waals surface area contributed by atoms with Crippen molar-refractivity contribution in [3.63, 3.8) is 0 Å². The second kappa shape index (κ2) is 11.7. The van der Waals surface area contributed by atoms with Crippen LogP contribution in [0, 0.1) is 5.82 Å².